The highest BCUT2D eigenvalue weighted by Gasteiger charge is 2.09. The van der Waals surface area contributed by atoms with E-state index in [1.807, 2.05) is 45.0 Å². The molecule has 18 heavy (non-hydrogen) atoms. The van der Waals surface area contributed by atoms with Gasteiger partial charge in [-0.1, -0.05) is 24.0 Å². The summed E-state index contributed by atoms with van der Waals surface area (Å²) in [6.45, 7) is 7.48. The first-order chi connectivity index (χ1) is 8.53. The molecule has 0 radical (unpaired) electrons. The molecular weight excluding hydrogens is 226 g/mol. The third-order valence-electron chi connectivity index (χ3n) is 2.09. The minimum Gasteiger partial charge on any atom is -0.490 e. The Bertz CT molecular complexity index is 424. The van der Waals surface area contributed by atoms with Crippen LogP contribution in [0.3, 0.4) is 0 Å². The molecule has 0 unspecified atom stereocenters. The predicted molar refractivity (Wildman–Crippen MR) is 73.6 cm³/mol. The van der Waals surface area contributed by atoms with Gasteiger partial charge in [-0.25, -0.2) is 0 Å². The molecule has 3 heteroatoms. The molecule has 0 saturated carbocycles. The lowest BCUT2D eigenvalue weighted by atomic mass is 10.2. The van der Waals surface area contributed by atoms with Crippen LogP contribution in [-0.4, -0.2) is 25.4 Å². The lowest BCUT2D eigenvalue weighted by molar-refractivity contribution is -0.0163. The van der Waals surface area contributed by atoms with Crippen LogP contribution in [0.4, 0.5) is 0 Å². The Morgan fingerprint density at radius 1 is 1.17 bits per heavy atom. The van der Waals surface area contributed by atoms with E-state index in [1.54, 1.807) is 0 Å². The van der Waals surface area contributed by atoms with E-state index in [1.165, 1.54) is 0 Å². The fourth-order valence-electron chi connectivity index (χ4n) is 1.34. The van der Waals surface area contributed by atoms with Crippen molar-refractivity contribution >= 4 is 0 Å². The van der Waals surface area contributed by atoms with E-state index in [0.717, 1.165) is 11.3 Å². The van der Waals surface area contributed by atoms with Gasteiger partial charge in [-0.3, -0.25) is 0 Å². The third-order valence-corrected chi connectivity index (χ3v) is 2.09. The number of ether oxygens (including phenoxy) is 2. The standard InChI is InChI=1S/C15H21NO2/c1-15(2,3)18-12-11-17-14-9-5-4-7-13(14)8-6-10-16/h4-5,7,9H,10-12,16H2,1-3H3. The van der Waals surface area contributed by atoms with Crippen LogP contribution in [0.1, 0.15) is 26.3 Å². The van der Waals surface area contributed by atoms with E-state index in [0.29, 0.717) is 19.8 Å². The summed E-state index contributed by atoms with van der Waals surface area (Å²) in [6.07, 6.45) is 0. The largest absolute Gasteiger partial charge is 0.490 e. The molecule has 0 aliphatic carbocycles. The average molecular weight is 247 g/mol. The number of hydrogen-bond donors (Lipinski definition) is 1. The van der Waals surface area contributed by atoms with Gasteiger partial charge in [0.1, 0.15) is 12.4 Å². The molecule has 0 aliphatic rings. The lowest BCUT2D eigenvalue weighted by Crippen LogP contribution is -2.22. The highest BCUT2D eigenvalue weighted by Crippen LogP contribution is 2.16. The van der Waals surface area contributed by atoms with Crippen LogP contribution in [0.2, 0.25) is 0 Å². The molecule has 1 rings (SSSR count). The summed E-state index contributed by atoms with van der Waals surface area (Å²) in [6, 6.07) is 7.67. The molecule has 0 amide bonds. The van der Waals surface area contributed by atoms with Crippen LogP contribution in [0.5, 0.6) is 5.75 Å². The summed E-state index contributed by atoms with van der Waals surface area (Å²) in [5.41, 5.74) is 6.08. The fraction of sp³-hybridized carbons (Fsp3) is 0.467. The summed E-state index contributed by atoms with van der Waals surface area (Å²) < 4.78 is 11.3. The number of nitrogens with two attached hydrogens (primary N) is 1. The summed E-state index contributed by atoms with van der Waals surface area (Å²) in [5, 5.41) is 0. The van der Waals surface area contributed by atoms with Crippen molar-refractivity contribution in [2.24, 2.45) is 5.73 Å². The minimum absolute atomic E-state index is 0.137. The molecule has 0 aromatic heterocycles. The molecule has 1 aromatic rings. The Hall–Kier alpha value is -1.50. The maximum atomic E-state index is 5.66. The van der Waals surface area contributed by atoms with Gasteiger partial charge in [-0.15, -0.1) is 0 Å². The maximum absolute atomic E-state index is 5.66. The van der Waals surface area contributed by atoms with Crippen molar-refractivity contribution in [3.05, 3.63) is 29.8 Å². The highest BCUT2D eigenvalue weighted by atomic mass is 16.5. The van der Waals surface area contributed by atoms with E-state index in [4.69, 9.17) is 15.2 Å². The number of hydrogen-bond acceptors (Lipinski definition) is 3. The van der Waals surface area contributed by atoms with Gasteiger partial charge in [-0.2, -0.15) is 0 Å². The molecule has 98 valence electrons. The molecule has 0 atom stereocenters. The monoisotopic (exact) mass is 247 g/mol. The molecule has 0 bridgehead atoms. The van der Waals surface area contributed by atoms with Crippen molar-refractivity contribution in [1.29, 1.82) is 0 Å². The van der Waals surface area contributed by atoms with Gasteiger partial charge in [0.15, 0.2) is 0 Å². The Balaban J connectivity index is 2.52. The van der Waals surface area contributed by atoms with Crippen molar-refractivity contribution in [2.75, 3.05) is 19.8 Å². The van der Waals surface area contributed by atoms with Crippen LogP contribution >= 0.6 is 0 Å². The van der Waals surface area contributed by atoms with Gasteiger partial charge in [0.25, 0.3) is 0 Å². The van der Waals surface area contributed by atoms with Gasteiger partial charge >= 0.3 is 0 Å². The fourth-order valence-corrected chi connectivity index (χ4v) is 1.34. The summed E-state index contributed by atoms with van der Waals surface area (Å²) in [7, 11) is 0. The zero-order chi connectivity index (χ0) is 13.4. The Labute approximate surface area is 109 Å². The zero-order valence-electron chi connectivity index (χ0n) is 11.3. The van der Waals surface area contributed by atoms with Crippen molar-refractivity contribution in [3.63, 3.8) is 0 Å². The highest BCUT2D eigenvalue weighted by molar-refractivity contribution is 5.45. The minimum atomic E-state index is -0.137. The lowest BCUT2D eigenvalue weighted by Gasteiger charge is -2.19. The third kappa shape index (κ3) is 5.72. The molecule has 0 fully saturated rings. The second-order valence-electron chi connectivity index (χ2n) is 4.81. The van der Waals surface area contributed by atoms with Crippen molar-refractivity contribution in [1.82, 2.24) is 0 Å². The first kappa shape index (κ1) is 14.6. The second kappa shape index (κ2) is 7.05. The smallest absolute Gasteiger partial charge is 0.135 e. The molecule has 3 nitrogen and oxygen atoms in total. The Morgan fingerprint density at radius 3 is 2.56 bits per heavy atom. The zero-order valence-corrected chi connectivity index (χ0v) is 11.3. The molecular formula is C15H21NO2. The molecule has 0 saturated heterocycles. The van der Waals surface area contributed by atoms with E-state index in [2.05, 4.69) is 11.8 Å². The second-order valence-corrected chi connectivity index (χ2v) is 4.81. The summed E-state index contributed by atoms with van der Waals surface area (Å²) in [4.78, 5) is 0. The molecule has 0 heterocycles. The maximum Gasteiger partial charge on any atom is 0.135 e. The van der Waals surface area contributed by atoms with Crippen LogP contribution in [0, 0.1) is 11.8 Å². The van der Waals surface area contributed by atoms with Gasteiger partial charge in [0.2, 0.25) is 0 Å². The number of rotatable bonds is 4. The van der Waals surface area contributed by atoms with Crippen LogP contribution < -0.4 is 10.5 Å². The van der Waals surface area contributed by atoms with Gasteiger partial charge in [-0.05, 0) is 32.9 Å². The first-order valence-electron chi connectivity index (χ1n) is 6.07. The first-order valence-corrected chi connectivity index (χ1v) is 6.07. The summed E-state index contributed by atoms with van der Waals surface area (Å²) in [5.74, 6) is 6.59. The van der Waals surface area contributed by atoms with Gasteiger partial charge in [0.05, 0.1) is 24.3 Å². The van der Waals surface area contributed by atoms with E-state index in [9.17, 15) is 0 Å². The normalized spacial score (nSPS) is 10.7. The molecule has 0 spiro atoms. The number of para-hydroxylation sites is 1. The van der Waals surface area contributed by atoms with Crippen molar-refractivity contribution < 1.29 is 9.47 Å². The van der Waals surface area contributed by atoms with E-state index < -0.39 is 0 Å². The Morgan fingerprint density at radius 2 is 1.89 bits per heavy atom. The predicted octanol–water partition coefficient (Wildman–Crippen LogP) is 2.19. The molecule has 2 N–H and O–H groups in total. The van der Waals surface area contributed by atoms with Crippen molar-refractivity contribution in [3.8, 4) is 17.6 Å². The number of benzene rings is 1. The molecule has 0 aliphatic heterocycles. The van der Waals surface area contributed by atoms with Crippen LogP contribution in [0.15, 0.2) is 24.3 Å². The van der Waals surface area contributed by atoms with Crippen LogP contribution in [0.25, 0.3) is 0 Å². The Kier molecular flexibility index (Phi) is 5.70. The van der Waals surface area contributed by atoms with Crippen molar-refractivity contribution in [2.45, 2.75) is 26.4 Å². The van der Waals surface area contributed by atoms with E-state index >= 15 is 0 Å². The summed E-state index contributed by atoms with van der Waals surface area (Å²) >= 11 is 0. The van der Waals surface area contributed by atoms with Gasteiger partial charge in [0, 0.05) is 0 Å². The average Bonchev–Trinajstić information content (AvgIpc) is 2.32. The quantitative estimate of drug-likeness (QED) is 0.655. The van der Waals surface area contributed by atoms with Gasteiger partial charge < -0.3 is 15.2 Å². The van der Waals surface area contributed by atoms with Crippen LogP contribution in [-0.2, 0) is 4.74 Å². The topological polar surface area (TPSA) is 44.5 Å². The van der Waals surface area contributed by atoms with E-state index in [-0.39, 0.29) is 5.60 Å². The molecule has 1 aromatic carbocycles. The SMILES string of the molecule is CC(C)(C)OCCOc1ccccc1C#CCN.